The van der Waals surface area contributed by atoms with E-state index >= 15 is 0 Å². The van der Waals surface area contributed by atoms with Crippen molar-refractivity contribution in [3.8, 4) is 0 Å². The molecule has 1 aromatic rings. The molecule has 19 heavy (non-hydrogen) atoms. The number of rotatable bonds is 3. The zero-order chi connectivity index (χ0) is 13.7. The van der Waals surface area contributed by atoms with Crippen molar-refractivity contribution in [3.63, 3.8) is 0 Å². The van der Waals surface area contributed by atoms with Gasteiger partial charge in [-0.15, -0.1) is 0 Å². The van der Waals surface area contributed by atoms with Crippen molar-refractivity contribution in [2.45, 2.75) is 45.2 Å². The highest BCUT2D eigenvalue weighted by molar-refractivity contribution is 9.10. The molecule has 3 nitrogen and oxygen atoms in total. The van der Waals surface area contributed by atoms with Crippen LogP contribution < -0.4 is 10.6 Å². The van der Waals surface area contributed by atoms with Crippen molar-refractivity contribution >= 4 is 21.9 Å². The summed E-state index contributed by atoms with van der Waals surface area (Å²) in [7, 11) is 1.83. The van der Waals surface area contributed by atoms with Gasteiger partial charge in [0.2, 0.25) is 0 Å². The maximum atomic E-state index is 4.30. The first kappa shape index (κ1) is 14.4. The third kappa shape index (κ3) is 4.23. The first-order valence-corrected chi connectivity index (χ1v) is 7.70. The molecule has 0 unspecified atom stereocenters. The molecule has 1 aliphatic carbocycles. The topological polar surface area (TPSA) is 36.4 Å². The van der Waals surface area contributed by atoms with Gasteiger partial charge in [0, 0.05) is 24.1 Å². The molecule has 2 rings (SSSR count). The fraction of sp³-hybridized carbons (Fsp3) is 0.533. The Labute approximate surface area is 124 Å². The molecular formula is C15H22BrN3. The Balaban J connectivity index is 1.88. The molecule has 0 spiro atoms. The van der Waals surface area contributed by atoms with E-state index in [-0.39, 0.29) is 0 Å². The molecular weight excluding hydrogens is 302 g/mol. The number of hydrogen-bond acceptors (Lipinski definition) is 1. The zero-order valence-corrected chi connectivity index (χ0v) is 13.3. The summed E-state index contributed by atoms with van der Waals surface area (Å²) in [6.07, 6.45) is 5.19. The van der Waals surface area contributed by atoms with Crippen LogP contribution in [0.1, 0.15) is 36.8 Å². The fourth-order valence-corrected chi connectivity index (χ4v) is 2.97. The Kier molecular flexibility index (Phi) is 5.25. The second-order valence-electron chi connectivity index (χ2n) is 5.12. The number of benzene rings is 1. The number of aliphatic imine (C=N–C) groups is 1. The molecule has 0 atom stereocenters. The number of guanidine groups is 1. The van der Waals surface area contributed by atoms with Gasteiger partial charge in [-0.3, -0.25) is 4.99 Å². The van der Waals surface area contributed by atoms with Crippen LogP contribution in [-0.2, 0) is 6.54 Å². The monoisotopic (exact) mass is 323 g/mol. The summed E-state index contributed by atoms with van der Waals surface area (Å²) < 4.78 is 1.13. The lowest BCUT2D eigenvalue weighted by Crippen LogP contribution is -2.42. The van der Waals surface area contributed by atoms with Crippen LogP contribution in [0.15, 0.2) is 27.7 Å². The molecule has 2 N–H and O–H groups in total. The third-order valence-corrected chi connectivity index (χ3v) is 4.16. The molecule has 0 heterocycles. The van der Waals surface area contributed by atoms with Crippen LogP contribution in [0.3, 0.4) is 0 Å². The Bertz CT molecular complexity index is 451. The van der Waals surface area contributed by atoms with Gasteiger partial charge in [0.1, 0.15) is 0 Å². The van der Waals surface area contributed by atoms with Gasteiger partial charge in [-0.1, -0.05) is 34.8 Å². The lowest BCUT2D eigenvalue weighted by Gasteiger charge is -2.17. The van der Waals surface area contributed by atoms with Gasteiger partial charge in [0.25, 0.3) is 0 Å². The first-order valence-electron chi connectivity index (χ1n) is 6.91. The summed E-state index contributed by atoms with van der Waals surface area (Å²) in [6, 6.07) is 6.97. The van der Waals surface area contributed by atoms with Gasteiger partial charge in [-0.2, -0.15) is 0 Å². The van der Waals surface area contributed by atoms with Gasteiger partial charge in [-0.05, 0) is 43.0 Å². The second kappa shape index (κ2) is 6.94. The molecule has 1 aliphatic rings. The molecule has 1 fully saturated rings. The number of nitrogens with one attached hydrogen (secondary N) is 2. The van der Waals surface area contributed by atoms with E-state index < -0.39 is 0 Å². The summed E-state index contributed by atoms with van der Waals surface area (Å²) in [6.45, 7) is 2.94. The van der Waals surface area contributed by atoms with Crippen molar-refractivity contribution in [1.82, 2.24) is 10.6 Å². The first-order chi connectivity index (χ1) is 9.19. The minimum atomic E-state index is 0.595. The maximum absolute atomic E-state index is 4.30. The molecule has 0 aromatic heterocycles. The summed E-state index contributed by atoms with van der Waals surface area (Å²) in [5.74, 6) is 0.911. The van der Waals surface area contributed by atoms with Crippen LogP contribution in [0, 0.1) is 6.92 Å². The number of hydrogen-bond donors (Lipinski definition) is 2. The van der Waals surface area contributed by atoms with Crippen LogP contribution >= 0.6 is 15.9 Å². The van der Waals surface area contributed by atoms with Gasteiger partial charge in [0.15, 0.2) is 5.96 Å². The smallest absolute Gasteiger partial charge is 0.191 e. The van der Waals surface area contributed by atoms with Crippen molar-refractivity contribution < 1.29 is 0 Å². The van der Waals surface area contributed by atoms with Crippen LogP contribution in [0.5, 0.6) is 0 Å². The highest BCUT2D eigenvalue weighted by Gasteiger charge is 2.15. The summed E-state index contributed by atoms with van der Waals surface area (Å²) in [4.78, 5) is 4.30. The summed E-state index contributed by atoms with van der Waals surface area (Å²) in [5.41, 5.74) is 2.59. The van der Waals surface area contributed by atoms with E-state index in [2.05, 4.69) is 56.7 Å². The SMILES string of the molecule is CN=C(NCc1ccc(Br)cc1C)NC1CCCC1. The predicted molar refractivity (Wildman–Crippen MR) is 84.5 cm³/mol. The summed E-state index contributed by atoms with van der Waals surface area (Å²) >= 11 is 3.49. The van der Waals surface area contributed by atoms with Crippen LogP contribution in [0.4, 0.5) is 0 Å². The highest BCUT2D eigenvalue weighted by atomic mass is 79.9. The van der Waals surface area contributed by atoms with Crippen molar-refractivity contribution in [2.24, 2.45) is 4.99 Å². The molecule has 0 bridgehead atoms. The number of halogens is 1. The Morgan fingerprint density at radius 2 is 2.11 bits per heavy atom. The van der Waals surface area contributed by atoms with Crippen molar-refractivity contribution in [3.05, 3.63) is 33.8 Å². The molecule has 0 radical (unpaired) electrons. The molecule has 104 valence electrons. The quantitative estimate of drug-likeness (QED) is 0.661. The largest absolute Gasteiger partial charge is 0.354 e. The fourth-order valence-electron chi connectivity index (χ4n) is 2.49. The van der Waals surface area contributed by atoms with E-state index in [1.807, 2.05) is 7.05 Å². The Morgan fingerprint density at radius 1 is 1.37 bits per heavy atom. The molecule has 1 saturated carbocycles. The van der Waals surface area contributed by atoms with Crippen LogP contribution in [-0.4, -0.2) is 19.0 Å². The van der Waals surface area contributed by atoms with Crippen LogP contribution in [0.25, 0.3) is 0 Å². The van der Waals surface area contributed by atoms with E-state index in [9.17, 15) is 0 Å². The van der Waals surface area contributed by atoms with Gasteiger partial charge in [0.05, 0.1) is 0 Å². The van der Waals surface area contributed by atoms with E-state index in [0.717, 1.165) is 17.0 Å². The third-order valence-electron chi connectivity index (χ3n) is 3.67. The van der Waals surface area contributed by atoms with E-state index in [0.29, 0.717) is 6.04 Å². The average Bonchev–Trinajstić information content (AvgIpc) is 2.89. The Hall–Kier alpha value is -1.03. The normalized spacial score (nSPS) is 16.7. The van der Waals surface area contributed by atoms with Crippen molar-refractivity contribution in [2.75, 3.05) is 7.05 Å². The van der Waals surface area contributed by atoms with Gasteiger partial charge >= 0.3 is 0 Å². The molecule has 0 amide bonds. The van der Waals surface area contributed by atoms with Gasteiger partial charge in [-0.25, -0.2) is 0 Å². The minimum absolute atomic E-state index is 0.595. The highest BCUT2D eigenvalue weighted by Crippen LogP contribution is 2.18. The lowest BCUT2D eigenvalue weighted by molar-refractivity contribution is 0.613. The standard InChI is InChI=1S/C15H22BrN3/c1-11-9-13(16)8-7-12(11)10-18-15(17-2)19-14-5-3-4-6-14/h7-9,14H,3-6,10H2,1-2H3,(H2,17,18,19). The number of aryl methyl sites for hydroxylation is 1. The van der Waals surface area contributed by atoms with Gasteiger partial charge < -0.3 is 10.6 Å². The predicted octanol–water partition coefficient (Wildman–Crippen LogP) is 3.37. The maximum Gasteiger partial charge on any atom is 0.191 e. The minimum Gasteiger partial charge on any atom is -0.354 e. The Morgan fingerprint density at radius 3 is 2.74 bits per heavy atom. The van der Waals surface area contributed by atoms with Crippen LogP contribution in [0.2, 0.25) is 0 Å². The summed E-state index contributed by atoms with van der Waals surface area (Å²) in [5, 5.41) is 6.89. The molecule has 4 heteroatoms. The van der Waals surface area contributed by atoms with Crippen molar-refractivity contribution in [1.29, 1.82) is 0 Å². The molecule has 1 aromatic carbocycles. The van der Waals surface area contributed by atoms with E-state index in [1.54, 1.807) is 0 Å². The van der Waals surface area contributed by atoms with E-state index in [4.69, 9.17) is 0 Å². The molecule has 0 saturated heterocycles. The average molecular weight is 324 g/mol. The molecule has 0 aliphatic heterocycles. The zero-order valence-electron chi connectivity index (χ0n) is 11.7. The lowest BCUT2D eigenvalue weighted by atomic mass is 10.1. The second-order valence-corrected chi connectivity index (χ2v) is 6.04. The van der Waals surface area contributed by atoms with E-state index in [1.165, 1.54) is 36.8 Å². The number of nitrogens with zero attached hydrogens (tertiary/aromatic N) is 1.